The first-order chi connectivity index (χ1) is 7.09. The molecule has 1 N–H and O–H groups in total. The molecule has 1 aromatic rings. The number of nitrogens with zero attached hydrogens (tertiary/aromatic N) is 2. The lowest BCUT2D eigenvalue weighted by Gasteiger charge is -2.00. The van der Waals surface area contributed by atoms with Gasteiger partial charge in [0.05, 0.1) is 0 Å². The number of alkyl halides is 2. The highest BCUT2D eigenvalue weighted by molar-refractivity contribution is 5.66. The van der Waals surface area contributed by atoms with Crippen LogP contribution in [0.1, 0.15) is 29.8 Å². The number of carboxylic acids is 1. The quantitative estimate of drug-likeness (QED) is 0.830. The van der Waals surface area contributed by atoms with E-state index in [4.69, 9.17) is 5.11 Å². The number of halogens is 2. The molecule has 0 fully saturated rings. The summed E-state index contributed by atoms with van der Waals surface area (Å²) in [4.78, 5) is 10.5. The minimum absolute atomic E-state index is 0.247. The van der Waals surface area contributed by atoms with Crippen molar-refractivity contribution in [3.8, 4) is 0 Å². The van der Waals surface area contributed by atoms with E-state index in [2.05, 4.69) is 5.10 Å². The number of hydrogen-bond acceptors (Lipinski definition) is 2. The lowest BCUT2D eigenvalue weighted by atomic mass is 10.2. The number of rotatable bonds is 3. The summed E-state index contributed by atoms with van der Waals surface area (Å²) in [6.45, 7) is -0.338. The van der Waals surface area contributed by atoms with Gasteiger partial charge in [0, 0.05) is 11.3 Å². The Morgan fingerprint density at radius 2 is 2.27 bits per heavy atom. The molecule has 1 aliphatic rings. The van der Waals surface area contributed by atoms with Gasteiger partial charge >= 0.3 is 5.97 Å². The molecule has 2 rings (SSSR count). The van der Waals surface area contributed by atoms with Crippen LogP contribution in [-0.2, 0) is 24.2 Å². The second kappa shape index (κ2) is 3.60. The van der Waals surface area contributed by atoms with Gasteiger partial charge in [0.1, 0.15) is 12.2 Å². The fraction of sp³-hybridized carbons (Fsp3) is 0.556. The van der Waals surface area contributed by atoms with Crippen LogP contribution in [0.15, 0.2) is 0 Å². The van der Waals surface area contributed by atoms with Crippen molar-refractivity contribution in [3.05, 3.63) is 17.0 Å². The largest absolute Gasteiger partial charge is 0.480 e. The summed E-state index contributed by atoms with van der Waals surface area (Å²) < 4.78 is 26.3. The molecule has 0 bridgehead atoms. The maximum atomic E-state index is 12.5. The monoisotopic (exact) mass is 216 g/mol. The number of carboxylic acid groups (broad SMARTS) is 1. The first-order valence-electron chi connectivity index (χ1n) is 4.68. The van der Waals surface area contributed by atoms with Gasteiger partial charge in [0.15, 0.2) is 0 Å². The Hall–Kier alpha value is -1.46. The smallest absolute Gasteiger partial charge is 0.325 e. The lowest BCUT2D eigenvalue weighted by Crippen LogP contribution is -2.12. The normalized spacial score (nSPS) is 14.6. The molecule has 0 unspecified atom stereocenters. The van der Waals surface area contributed by atoms with Gasteiger partial charge in [-0.05, 0) is 19.3 Å². The molecule has 0 radical (unpaired) electrons. The van der Waals surface area contributed by atoms with E-state index < -0.39 is 12.4 Å². The fourth-order valence-corrected chi connectivity index (χ4v) is 1.97. The van der Waals surface area contributed by atoms with Crippen molar-refractivity contribution in [3.63, 3.8) is 0 Å². The third-order valence-electron chi connectivity index (χ3n) is 2.53. The minimum atomic E-state index is -2.62. The second-order valence-corrected chi connectivity index (χ2v) is 3.52. The summed E-state index contributed by atoms with van der Waals surface area (Å²) in [5.74, 6) is -1.06. The summed E-state index contributed by atoms with van der Waals surface area (Å²) >= 11 is 0. The SMILES string of the molecule is O=C(O)Cn1nc(C(F)F)c2c1CCC2. The first-order valence-corrected chi connectivity index (χ1v) is 4.68. The third kappa shape index (κ3) is 1.71. The maximum absolute atomic E-state index is 12.5. The summed E-state index contributed by atoms with van der Waals surface area (Å²) in [5, 5.41) is 12.3. The molecule has 0 spiro atoms. The Balaban J connectivity index is 2.40. The highest BCUT2D eigenvalue weighted by Crippen LogP contribution is 2.30. The van der Waals surface area contributed by atoms with Crippen molar-refractivity contribution in [1.29, 1.82) is 0 Å². The van der Waals surface area contributed by atoms with E-state index in [0.717, 1.165) is 6.42 Å². The van der Waals surface area contributed by atoms with Gasteiger partial charge in [-0.3, -0.25) is 9.48 Å². The molecule has 1 aromatic heterocycles. The van der Waals surface area contributed by atoms with Crippen molar-refractivity contribution in [2.24, 2.45) is 0 Å². The molecular formula is C9H10F2N2O2. The van der Waals surface area contributed by atoms with E-state index in [1.807, 2.05) is 0 Å². The zero-order valence-electron chi connectivity index (χ0n) is 7.91. The number of fused-ring (bicyclic) bond motifs is 1. The van der Waals surface area contributed by atoms with Crippen molar-refractivity contribution >= 4 is 5.97 Å². The Morgan fingerprint density at radius 3 is 2.87 bits per heavy atom. The topological polar surface area (TPSA) is 55.1 Å². The standard InChI is InChI=1S/C9H10F2N2O2/c10-9(11)8-5-2-1-3-6(5)13(12-8)4-7(14)15/h9H,1-4H2,(H,14,15). The Bertz CT molecular complexity index is 401. The lowest BCUT2D eigenvalue weighted by molar-refractivity contribution is -0.137. The molecule has 4 nitrogen and oxygen atoms in total. The van der Waals surface area contributed by atoms with Crippen molar-refractivity contribution in [2.45, 2.75) is 32.2 Å². The zero-order chi connectivity index (χ0) is 11.0. The van der Waals surface area contributed by atoms with Crippen LogP contribution in [-0.4, -0.2) is 20.9 Å². The van der Waals surface area contributed by atoms with Crippen LogP contribution in [0.4, 0.5) is 8.78 Å². The van der Waals surface area contributed by atoms with Crippen molar-refractivity contribution in [2.75, 3.05) is 0 Å². The molecule has 0 saturated heterocycles. The number of aromatic nitrogens is 2. The molecule has 0 atom stereocenters. The van der Waals surface area contributed by atoms with Gasteiger partial charge in [-0.1, -0.05) is 0 Å². The van der Waals surface area contributed by atoms with Crippen LogP contribution < -0.4 is 0 Å². The zero-order valence-corrected chi connectivity index (χ0v) is 7.91. The summed E-state index contributed by atoms with van der Waals surface area (Å²) in [6, 6.07) is 0. The maximum Gasteiger partial charge on any atom is 0.325 e. The Morgan fingerprint density at radius 1 is 1.53 bits per heavy atom. The van der Waals surface area contributed by atoms with Crippen molar-refractivity contribution < 1.29 is 18.7 Å². The van der Waals surface area contributed by atoms with E-state index in [-0.39, 0.29) is 12.2 Å². The molecular weight excluding hydrogens is 206 g/mol. The van der Waals surface area contributed by atoms with Gasteiger partial charge < -0.3 is 5.11 Å². The van der Waals surface area contributed by atoms with Gasteiger partial charge in [0.25, 0.3) is 6.43 Å². The highest BCUT2D eigenvalue weighted by atomic mass is 19.3. The van der Waals surface area contributed by atoms with Crippen LogP contribution in [0.25, 0.3) is 0 Å². The van der Waals surface area contributed by atoms with Crippen LogP contribution in [0.5, 0.6) is 0 Å². The average molecular weight is 216 g/mol. The highest BCUT2D eigenvalue weighted by Gasteiger charge is 2.27. The Labute approximate surface area is 84.5 Å². The summed E-state index contributed by atoms with van der Waals surface area (Å²) in [5.41, 5.74) is 0.961. The van der Waals surface area contributed by atoms with Crippen LogP contribution in [0.3, 0.4) is 0 Å². The van der Waals surface area contributed by atoms with Gasteiger partial charge in [0.2, 0.25) is 0 Å². The molecule has 0 amide bonds. The van der Waals surface area contributed by atoms with Crippen LogP contribution in [0, 0.1) is 0 Å². The predicted octanol–water partition coefficient (Wildman–Crippen LogP) is 1.39. The third-order valence-corrected chi connectivity index (χ3v) is 2.53. The van der Waals surface area contributed by atoms with E-state index in [1.54, 1.807) is 0 Å². The number of carbonyl (C=O) groups is 1. The second-order valence-electron chi connectivity index (χ2n) is 3.52. The molecule has 0 saturated carbocycles. The van der Waals surface area contributed by atoms with E-state index in [0.29, 0.717) is 24.1 Å². The van der Waals surface area contributed by atoms with Crippen LogP contribution >= 0.6 is 0 Å². The van der Waals surface area contributed by atoms with Gasteiger partial charge in [-0.2, -0.15) is 5.10 Å². The average Bonchev–Trinajstić information content (AvgIpc) is 2.66. The predicted molar refractivity (Wildman–Crippen MR) is 46.8 cm³/mol. The molecule has 0 aromatic carbocycles. The van der Waals surface area contributed by atoms with E-state index in [9.17, 15) is 13.6 Å². The number of hydrogen-bond donors (Lipinski definition) is 1. The summed E-state index contributed by atoms with van der Waals surface area (Å²) in [7, 11) is 0. The molecule has 1 aliphatic carbocycles. The van der Waals surface area contributed by atoms with Crippen molar-refractivity contribution in [1.82, 2.24) is 9.78 Å². The fourth-order valence-electron chi connectivity index (χ4n) is 1.97. The molecule has 0 aliphatic heterocycles. The van der Waals surface area contributed by atoms with E-state index >= 15 is 0 Å². The number of aliphatic carboxylic acids is 1. The van der Waals surface area contributed by atoms with E-state index in [1.165, 1.54) is 4.68 Å². The molecule has 15 heavy (non-hydrogen) atoms. The van der Waals surface area contributed by atoms with Gasteiger partial charge in [-0.25, -0.2) is 8.78 Å². The summed E-state index contributed by atoms with van der Waals surface area (Å²) in [6.07, 6.45) is -0.601. The molecule has 6 heteroatoms. The van der Waals surface area contributed by atoms with Gasteiger partial charge in [-0.15, -0.1) is 0 Å². The minimum Gasteiger partial charge on any atom is -0.480 e. The molecule has 82 valence electrons. The van der Waals surface area contributed by atoms with Crippen LogP contribution in [0.2, 0.25) is 0 Å². The first kappa shape index (κ1) is 10.1. The molecule has 1 heterocycles. The Kier molecular flexibility index (Phi) is 2.42.